The summed E-state index contributed by atoms with van der Waals surface area (Å²) in [4.78, 5) is 29.6. The van der Waals surface area contributed by atoms with E-state index in [1.54, 1.807) is 4.90 Å². The van der Waals surface area contributed by atoms with Crippen LogP contribution in [0.5, 0.6) is 0 Å². The summed E-state index contributed by atoms with van der Waals surface area (Å²) in [6, 6.07) is 14.3. The molecule has 0 aromatic heterocycles. The van der Waals surface area contributed by atoms with Crippen molar-refractivity contribution in [2.24, 2.45) is 11.7 Å². The Morgan fingerprint density at radius 2 is 1.63 bits per heavy atom. The first kappa shape index (κ1) is 22.3. The summed E-state index contributed by atoms with van der Waals surface area (Å²) in [5.74, 6) is -0.0714. The zero-order valence-electron chi connectivity index (χ0n) is 17.8. The molecule has 0 radical (unpaired) electrons. The highest BCUT2D eigenvalue weighted by Gasteiger charge is 2.41. The van der Waals surface area contributed by atoms with Crippen LogP contribution < -0.4 is 10.6 Å². The van der Waals surface area contributed by atoms with Gasteiger partial charge in [0.15, 0.2) is 0 Å². The van der Waals surface area contributed by atoms with Crippen LogP contribution in [0, 0.1) is 26.7 Å². The highest BCUT2D eigenvalue weighted by atomic mass is 35.5. The van der Waals surface area contributed by atoms with E-state index in [2.05, 4.69) is 31.2 Å². The first-order chi connectivity index (χ1) is 13.8. The zero-order valence-corrected chi connectivity index (χ0v) is 18.6. The molecular weight excluding hydrogens is 398 g/mol. The second-order valence-electron chi connectivity index (χ2n) is 8.58. The van der Waals surface area contributed by atoms with Gasteiger partial charge in [0.05, 0.1) is 5.92 Å². The van der Waals surface area contributed by atoms with Crippen LogP contribution in [0.4, 0.5) is 5.69 Å². The third kappa shape index (κ3) is 4.09. The fourth-order valence-electron chi connectivity index (χ4n) is 5.01. The van der Waals surface area contributed by atoms with Gasteiger partial charge in [-0.15, -0.1) is 12.4 Å². The molecule has 0 bridgehead atoms. The number of amides is 2. The van der Waals surface area contributed by atoms with Crippen molar-refractivity contribution in [1.82, 2.24) is 4.90 Å². The van der Waals surface area contributed by atoms with Crippen molar-refractivity contribution in [3.63, 3.8) is 0 Å². The van der Waals surface area contributed by atoms with E-state index in [0.29, 0.717) is 19.6 Å². The van der Waals surface area contributed by atoms with Crippen LogP contribution in [0.25, 0.3) is 0 Å². The van der Waals surface area contributed by atoms with E-state index < -0.39 is 0 Å². The van der Waals surface area contributed by atoms with E-state index in [-0.39, 0.29) is 48.5 Å². The molecule has 2 amide bonds. The maximum Gasteiger partial charge on any atom is 0.228 e. The Morgan fingerprint density at radius 1 is 1.00 bits per heavy atom. The first-order valence-corrected chi connectivity index (χ1v) is 10.3. The Morgan fingerprint density at radius 3 is 2.27 bits per heavy atom. The lowest BCUT2D eigenvalue weighted by atomic mass is 9.95. The molecule has 0 saturated carbocycles. The molecule has 2 aromatic carbocycles. The number of carbonyl (C=O) groups excluding carboxylic acids is 2. The SMILES string of the molecule is Cc1cc(C)c(N2CC(C(=O)N3C[C@@H](N)[C@H](c4ccccc4)C3)CC2=O)c(C)c1.Cl. The number of nitrogens with two attached hydrogens (primary N) is 1. The fraction of sp³-hybridized carbons (Fsp3) is 0.417. The van der Waals surface area contributed by atoms with Crippen molar-refractivity contribution in [2.45, 2.75) is 39.2 Å². The average Bonchev–Trinajstić information content (AvgIpc) is 3.24. The van der Waals surface area contributed by atoms with Gasteiger partial charge in [-0.1, -0.05) is 48.0 Å². The van der Waals surface area contributed by atoms with E-state index in [1.165, 1.54) is 11.1 Å². The second-order valence-corrected chi connectivity index (χ2v) is 8.58. The number of hydrogen-bond acceptors (Lipinski definition) is 3. The van der Waals surface area contributed by atoms with Crippen LogP contribution in [0.15, 0.2) is 42.5 Å². The third-order valence-corrected chi connectivity index (χ3v) is 6.28. The van der Waals surface area contributed by atoms with Crippen molar-refractivity contribution < 1.29 is 9.59 Å². The van der Waals surface area contributed by atoms with Gasteiger partial charge in [-0.25, -0.2) is 0 Å². The van der Waals surface area contributed by atoms with Gasteiger partial charge in [0.25, 0.3) is 0 Å². The molecule has 3 atom stereocenters. The van der Waals surface area contributed by atoms with E-state index in [0.717, 1.165) is 16.8 Å². The molecule has 30 heavy (non-hydrogen) atoms. The summed E-state index contributed by atoms with van der Waals surface area (Å²) in [5.41, 5.74) is 11.8. The molecule has 5 nitrogen and oxygen atoms in total. The van der Waals surface area contributed by atoms with Crippen LogP contribution in [0.1, 0.15) is 34.6 Å². The number of halogens is 1. The monoisotopic (exact) mass is 427 g/mol. The number of carbonyl (C=O) groups is 2. The molecule has 2 saturated heterocycles. The van der Waals surface area contributed by atoms with Crippen molar-refractivity contribution in [2.75, 3.05) is 24.5 Å². The smallest absolute Gasteiger partial charge is 0.228 e. The van der Waals surface area contributed by atoms with E-state index >= 15 is 0 Å². The maximum atomic E-state index is 13.2. The van der Waals surface area contributed by atoms with Crippen molar-refractivity contribution in [3.05, 3.63) is 64.7 Å². The molecule has 2 heterocycles. The molecule has 2 fully saturated rings. The van der Waals surface area contributed by atoms with Gasteiger partial charge in [0.2, 0.25) is 11.8 Å². The highest BCUT2D eigenvalue weighted by molar-refractivity contribution is 6.01. The molecule has 160 valence electrons. The van der Waals surface area contributed by atoms with Gasteiger partial charge in [-0.05, 0) is 37.5 Å². The van der Waals surface area contributed by atoms with E-state index in [4.69, 9.17) is 5.73 Å². The van der Waals surface area contributed by atoms with Crippen molar-refractivity contribution in [3.8, 4) is 0 Å². The molecule has 1 unspecified atom stereocenters. The second kappa shape index (κ2) is 8.78. The summed E-state index contributed by atoms with van der Waals surface area (Å²) >= 11 is 0. The lowest BCUT2D eigenvalue weighted by molar-refractivity contribution is -0.134. The minimum atomic E-state index is -0.302. The number of rotatable bonds is 3. The number of likely N-dealkylation sites (tertiary alicyclic amines) is 1. The van der Waals surface area contributed by atoms with Crippen LogP contribution in [0.3, 0.4) is 0 Å². The summed E-state index contributed by atoms with van der Waals surface area (Å²) in [6.07, 6.45) is 0.271. The average molecular weight is 428 g/mol. The first-order valence-electron chi connectivity index (χ1n) is 10.3. The fourth-order valence-corrected chi connectivity index (χ4v) is 5.01. The molecular formula is C24H30ClN3O2. The zero-order chi connectivity index (χ0) is 20.7. The van der Waals surface area contributed by atoms with Gasteiger partial charge in [0, 0.05) is 43.7 Å². The van der Waals surface area contributed by atoms with Crippen molar-refractivity contribution >= 4 is 29.9 Å². The quantitative estimate of drug-likeness (QED) is 0.816. The standard InChI is InChI=1S/C24H29N3O2.ClH/c1-15-9-16(2)23(17(3)10-15)27-12-19(11-22(27)28)24(29)26-13-20(21(25)14-26)18-7-5-4-6-8-18;/h4-10,19-21H,11-14,25H2,1-3H3;1H/t19?,20-,21+;/m0./s1. The highest BCUT2D eigenvalue weighted by Crippen LogP contribution is 2.34. The Balaban J connectivity index is 0.00000256. The van der Waals surface area contributed by atoms with E-state index in [1.807, 2.05) is 36.9 Å². The molecule has 2 aliphatic rings. The predicted octanol–water partition coefficient (Wildman–Crippen LogP) is 3.34. The number of nitrogens with zero attached hydrogens (tertiary/aromatic N) is 2. The third-order valence-electron chi connectivity index (χ3n) is 6.28. The van der Waals surface area contributed by atoms with Crippen LogP contribution in [-0.2, 0) is 9.59 Å². The number of benzene rings is 2. The lowest BCUT2D eigenvalue weighted by Crippen LogP contribution is -2.37. The number of anilines is 1. The summed E-state index contributed by atoms with van der Waals surface area (Å²) in [5, 5.41) is 0. The maximum absolute atomic E-state index is 13.2. The van der Waals surface area contributed by atoms with Crippen LogP contribution >= 0.6 is 12.4 Å². The molecule has 6 heteroatoms. The molecule has 4 rings (SSSR count). The largest absolute Gasteiger partial charge is 0.340 e. The van der Waals surface area contributed by atoms with Crippen LogP contribution in [-0.4, -0.2) is 42.4 Å². The minimum Gasteiger partial charge on any atom is -0.340 e. The Labute approximate surface area is 184 Å². The number of aryl methyl sites for hydroxylation is 3. The summed E-state index contributed by atoms with van der Waals surface area (Å²) < 4.78 is 0. The van der Waals surface area contributed by atoms with Gasteiger partial charge in [-0.2, -0.15) is 0 Å². The molecule has 2 N–H and O–H groups in total. The molecule has 0 spiro atoms. The van der Waals surface area contributed by atoms with Gasteiger partial charge in [0.1, 0.15) is 0 Å². The van der Waals surface area contributed by atoms with Gasteiger partial charge < -0.3 is 15.5 Å². The Bertz CT molecular complexity index is 924. The number of hydrogen-bond donors (Lipinski definition) is 1. The van der Waals surface area contributed by atoms with Crippen molar-refractivity contribution in [1.29, 1.82) is 0 Å². The normalized spacial score (nSPS) is 23.6. The van der Waals surface area contributed by atoms with Gasteiger partial charge in [-0.3, -0.25) is 9.59 Å². The predicted molar refractivity (Wildman–Crippen MR) is 122 cm³/mol. The Kier molecular flexibility index (Phi) is 6.53. The molecule has 2 aliphatic heterocycles. The lowest BCUT2D eigenvalue weighted by Gasteiger charge is -2.23. The summed E-state index contributed by atoms with van der Waals surface area (Å²) in [6.45, 7) is 7.73. The minimum absolute atomic E-state index is 0. The Hall–Kier alpha value is -2.37. The molecule has 0 aliphatic carbocycles. The van der Waals surface area contributed by atoms with Gasteiger partial charge >= 0.3 is 0 Å². The van der Waals surface area contributed by atoms with E-state index in [9.17, 15) is 9.59 Å². The van der Waals surface area contributed by atoms with Crippen LogP contribution in [0.2, 0.25) is 0 Å². The summed E-state index contributed by atoms with van der Waals surface area (Å²) in [7, 11) is 0. The molecule has 2 aromatic rings. The topological polar surface area (TPSA) is 66.6 Å².